The average molecular weight is 331 g/mol. The maximum atomic E-state index is 13.0. The van der Waals surface area contributed by atoms with Gasteiger partial charge in [-0.05, 0) is 42.3 Å². The number of carbonyl (C=O) groups excluding carboxylic acids is 1. The lowest BCUT2D eigenvalue weighted by Gasteiger charge is -2.29. The van der Waals surface area contributed by atoms with Gasteiger partial charge in [-0.1, -0.05) is 55.5 Å². The van der Waals surface area contributed by atoms with E-state index in [-0.39, 0.29) is 11.9 Å². The summed E-state index contributed by atoms with van der Waals surface area (Å²) in [6.45, 7) is 2.05. The molecule has 0 fully saturated rings. The fourth-order valence-electron chi connectivity index (χ4n) is 2.85. The molecule has 25 heavy (non-hydrogen) atoms. The third-order valence-corrected chi connectivity index (χ3v) is 4.06. The summed E-state index contributed by atoms with van der Waals surface area (Å²) in [5.74, 6) is 0.714. The topological polar surface area (TPSA) is 33.5 Å². The molecule has 3 nitrogen and oxygen atoms in total. The minimum Gasteiger partial charge on any atom is -0.467 e. The van der Waals surface area contributed by atoms with Crippen molar-refractivity contribution < 1.29 is 9.21 Å². The Hall–Kier alpha value is -3.07. The third-order valence-electron chi connectivity index (χ3n) is 4.06. The second-order valence-corrected chi connectivity index (χ2v) is 5.73. The zero-order valence-corrected chi connectivity index (χ0v) is 14.2. The first-order valence-electron chi connectivity index (χ1n) is 8.44. The minimum absolute atomic E-state index is 0.0710. The minimum atomic E-state index is -0.148. The summed E-state index contributed by atoms with van der Waals surface area (Å²) in [6, 6.07) is 23.1. The lowest BCUT2D eigenvalue weighted by atomic mass is 10.1. The Morgan fingerprint density at radius 3 is 2.28 bits per heavy atom. The fraction of sp³-hybridized carbons (Fsp3) is 0.136. The molecule has 0 aliphatic heterocycles. The van der Waals surface area contributed by atoms with Gasteiger partial charge in [-0.3, -0.25) is 9.69 Å². The predicted molar refractivity (Wildman–Crippen MR) is 101 cm³/mol. The van der Waals surface area contributed by atoms with E-state index >= 15 is 0 Å². The van der Waals surface area contributed by atoms with E-state index in [1.54, 1.807) is 17.2 Å². The SMILES string of the molecule is CC[C@H](c1ccco1)N(C(=O)/C=C/c1ccccc1)c1ccccc1. The Morgan fingerprint density at radius 1 is 1.00 bits per heavy atom. The normalized spacial score (nSPS) is 12.2. The summed E-state index contributed by atoms with van der Waals surface area (Å²) in [5, 5.41) is 0. The smallest absolute Gasteiger partial charge is 0.251 e. The van der Waals surface area contributed by atoms with Crippen LogP contribution in [0.25, 0.3) is 6.08 Å². The van der Waals surface area contributed by atoms with Gasteiger partial charge in [0.2, 0.25) is 0 Å². The van der Waals surface area contributed by atoms with E-state index in [9.17, 15) is 4.79 Å². The first-order valence-corrected chi connectivity index (χ1v) is 8.44. The van der Waals surface area contributed by atoms with Gasteiger partial charge < -0.3 is 4.42 Å². The van der Waals surface area contributed by atoms with Crippen LogP contribution < -0.4 is 4.90 Å². The molecule has 0 saturated heterocycles. The Morgan fingerprint density at radius 2 is 1.68 bits per heavy atom. The van der Waals surface area contributed by atoms with E-state index in [4.69, 9.17) is 4.42 Å². The number of rotatable bonds is 6. The zero-order valence-electron chi connectivity index (χ0n) is 14.2. The molecule has 1 heterocycles. The lowest BCUT2D eigenvalue weighted by Crippen LogP contribution is -2.33. The molecule has 0 aliphatic carbocycles. The lowest BCUT2D eigenvalue weighted by molar-refractivity contribution is -0.114. The standard InChI is InChI=1S/C22H21NO2/c1-2-20(21-14-9-17-25-21)23(19-12-7-4-8-13-19)22(24)16-15-18-10-5-3-6-11-18/h3-17,20H,2H2,1H3/b16-15+/t20-/m1/s1. The molecule has 0 N–H and O–H groups in total. The molecular formula is C22H21NO2. The van der Waals surface area contributed by atoms with Gasteiger partial charge >= 0.3 is 0 Å². The van der Waals surface area contributed by atoms with E-state index in [0.29, 0.717) is 0 Å². The van der Waals surface area contributed by atoms with Gasteiger partial charge in [0, 0.05) is 11.8 Å². The van der Waals surface area contributed by atoms with Crippen LogP contribution in [0.15, 0.2) is 89.6 Å². The Balaban J connectivity index is 1.93. The van der Waals surface area contributed by atoms with Crippen LogP contribution in [0.1, 0.15) is 30.7 Å². The van der Waals surface area contributed by atoms with Crippen molar-refractivity contribution in [2.75, 3.05) is 4.90 Å². The maximum absolute atomic E-state index is 13.0. The summed E-state index contributed by atoms with van der Waals surface area (Å²) in [7, 11) is 0. The Bertz CT molecular complexity index is 808. The zero-order chi connectivity index (χ0) is 17.5. The summed E-state index contributed by atoms with van der Waals surface area (Å²) in [4.78, 5) is 14.8. The summed E-state index contributed by atoms with van der Waals surface area (Å²) >= 11 is 0. The first-order chi connectivity index (χ1) is 12.3. The molecule has 3 aromatic rings. The number of hydrogen-bond donors (Lipinski definition) is 0. The number of carbonyl (C=O) groups is 1. The van der Waals surface area contributed by atoms with Gasteiger partial charge in [-0.15, -0.1) is 0 Å². The van der Waals surface area contributed by atoms with Crippen LogP contribution in [0.3, 0.4) is 0 Å². The van der Waals surface area contributed by atoms with Crippen LogP contribution in [-0.4, -0.2) is 5.91 Å². The van der Waals surface area contributed by atoms with Gasteiger partial charge in [0.15, 0.2) is 0 Å². The van der Waals surface area contributed by atoms with Gasteiger partial charge in [-0.2, -0.15) is 0 Å². The molecule has 0 spiro atoms. The van der Waals surface area contributed by atoms with Crippen molar-refractivity contribution in [2.45, 2.75) is 19.4 Å². The number of furan rings is 1. The van der Waals surface area contributed by atoms with Crippen LogP contribution in [0.5, 0.6) is 0 Å². The molecular weight excluding hydrogens is 310 g/mol. The highest BCUT2D eigenvalue weighted by Crippen LogP contribution is 2.30. The number of benzene rings is 2. The highest BCUT2D eigenvalue weighted by molar-refractivity contribution is 6.04. The van der Waals surface area contributed by atoms with Gasteiger partial charge in [0.1, 0.15) is 5.76 Å². The molecule has 1 atom stereocenters. The monoisotopic (exact) mass is 331 g/mol. The summed E-state index contributed by atoms with van der Waals surface area (Å²) in [6.07, 6.45) is 5.86. The number of nitrogens with zero attached hydrogens (tertiary/aromatic N) is 1. The van der Waals surface area contributed by atoms with E-state index in [1.807, 2.05) is 78.9 Å². The average Bonchev–Trinajstić information content (AvgIpc) is 3.20. The molecule has 0 aliphatic rings. The molecule has 0 radical (unpaired) electrons. The van der Waals surface area contributed by atoms with Crippen molar-refractivity contribution in [3.8, 4) is 0 Å². The van der Waals surface area contributed by atoms with E-state index in [0.717, 1.165) is 23.4 Å². The van der Waals surface area contributed by atoms with Crippen molar-refractivity contribution in [1.82, 2.24) is 0 Å². The largest absolute Gasteiger partial charge is 0.467 e. The van der Waals surface area contributed by atoms with Crippen LogP contribution in [0, 0.1) is 0 Å². The van der Waals surface area contributed by atoms with E-state index < -0.39 is 0 Å². The second-order valence-electron chi connectivity index (χ2n) is 5.73. The summed E-state index contributed by atoms with van der Waals surface area (Å²) < 4.78 is 5.58. The van der Waals surface area contributed by atoms with Gasteiger partial charge in [0.05, 0.1) is 12.3 Å². The van der Waals surface area contributed by atoms with E-state index in [1.165, 1.54) is 0 Å². The first kappa shape index (κ1) is 16.8. The van der Waals surface area contributed by atoms with E-state index in [2.05, 4.69) is 6.92 Å². The second kappa shape index (κ2) is 8.15. The molecule has 126 valence electrons. The number of anilines is 1. The molecule has 3 heteroatoms. The van der Waals surface area contributed by atoms with Crippen LogP contribution >= 0.6 is 0 Å². The fourth-order valence-corrected chi connectivity index (χ4v) is 2.85. The third kappa shape index (κ3) is 4.07. The highest BCUT2D eigenvalue weighted by atomic mass is 16.3. The Kier molecular flexibility index (Phi) is 5.47. The van der Waals surface area contributed by atoms with Crippen molar-refractivity contribution in [1.29, 1.82) is 0 Å². The van der Waals surface area contributed by atoms with Crippen molar-refractivity contribution >= 4 is 17.7 Å². The molecule has 1 amide bonds. The van der Waals surface area contributed by atoms with Gasteiger partial charge in [0.25, 0.3) is 5.91 Å². The van der Waals surface area contributed by atoms with Crippen LogP contribution in [0.2, 0.25) is 0 Å². The molecule has 0 bridgehead atoms. The van der Waals surface area contributed by atoms with Crippen molar-refractivity contribution in [3.63, 3.8) is 0 Å². The number of hydrogen-bond acceptors (Lipinski definition) is 2. The Labute approximate surface area is 148 Å². The highest BCUT2D eigenvalue weighted by Gasteiger charge is 2.25. The quantitative estimate of drug-likeness (QED) is 0.561. The number of amides is 1. The van der Waals surface area contributed by atoms with Crippen LogP contribution in [-0.2, 0) is 4.79 Å². The molecule has 3 rings (SSSR count). The molecule has 1 aromatic heterocycles. The molecule has 0 unspecified atom stereocenters. The molecule has 0 saturated carbocycles. The van der Waals surface area contributed by atoms with Crippen LogP contribution in [0.4, 0.5) is 5.69 Å². The summed E-state index contributed by atoms with van der Waals surface area (Å²) in [5.41, 5.74) is 1.85. The molecule has 2 aromatic carbocycles. The predicted octanol–water partition coefficient (Wildman–Crippen LogP) is 5.48. The maximum Gasteiger partial charge on any atom is 0.251 e. The van der Waals surface area contributed by atoms with Gasteiger partial charge in [-0.25, -0.2) is 0 Å². The van der Waals surface area contributed by atoms with Crippen molar-refractivity contribution in [3.05, 3.63) is 96.5 Å². The van der Waals surface area contributed by atoms with Crippen molar-refractivity contribution in [2.24, 2.45) is 0 Å². The number of para-hydroxylation sites is 1.